The van der Waals surface area contributed by atoms with Gasteiger partial charge in [-0.25, -0.2) is 0 Å². The number of methoxy groups -OCH3 is 1. The van der Waals surface area contributed by atoms with Gasteiger partial charge < -0.3 is 19.4 Å². The summed E-state index contributed by atoms with van der Waals surface area (Å²) in [5.41, 5.74) is 3.00. The number of phenols is 1. The van der Waals surface area contributed by atoms with E-state index in [0.717, 1.165) is 34.6 Å². The second-order valence-electron chi connectivity index (χ2n) is 7.33. The summed E-state index contributed by atoms with van der Waals surface area (Å²) >= 11 is 8.00. The van der Waals surface area contributed by atoms with Gasteiger partial charge in [-0.1, -0.05) is 43.1 Å². The number of thioether (sulfide) groups is 1. The van der Waals surface area contributed by atoms with Crippen LogP contribution in [0, 0.1) is 0 Å². The van der Waals surface area contributed by atoms with Crippen molar-refractivity contribution in [3.05, 3.63) is 52.0 Å². The first-order chi connectivity index (χ1) is 15.9. The lowest BCUT2D eigenvalue weighted by molar-refractivity contribution is -0.139. The maximum Gasteiger partial charge on any atom is 0.309 e. The van der Waals surface area contributed by atoms with Crippen molar-refractivity contribution in [3.8, 4) is 11.5 Å². The highest BCUT2D eigenvalue weighted by Crippen LogP contribution is 2.34. The summed E-state index contributed by atoms with van der Waals surface area (Å²) in [6.07, 6.45) is 3.26. The van der Waals surface area contributed by atoms with Gasteiger partial charge in [-0.05, 0) is 49.1 Å². The number of ether oxygens (including phenoxy) is 2. The smallest absolute Gasteiger partial charge is 0.309 e. The van der Waals surface area contributed by atoms with Crippen molar-refractivity contribution in [2.45, 2.75) is 50.8 Å². The van der Waals surface area contributed by atoms with Crippen LogP contribution in [-0.4, -0.2) is 43.4 Å². The van der Waals surface area contributed by atoms with E-state index in [4.69, 9.17) is 21.2 Å². The molecule has 0 spiro atoms. The van der Waals surface area contributed by atoms with Crippen LogP contribution in [0.3, 0.4) is 0 Å². The molecular formula is C25H32ClNO5S. The van der Waals surface area contributed by atoms with Crippen LogP contribution >= 0.6 is 23.4 Å². The van der Waals surface area contributed by atoms with Crippen molar-refractivity contribution in [2.24, 2.45) is 5.16 Å². The molecule has 0 saturated carbocycles. The number of hydrogen-bond acceptors (Lipinski definition) is 7. The van der Waals surface area contributed by atoms with Crippen molar-refractivity contribution in [1.29, 1.82) is 0 Å². The molecule has 0 heterocycles. The summed E-state index contributed by atoms with van der Waals surface area (Å²) in [5, 5.41) is 15.5. The monoisotopic (exact) mass is 493 g/mol. The normalized spacial score (nSPS) is 11.4. The van der Waals surface area contributed by atoms with E-state index in [1.165, 1.54) is 14.2 Å². The molecule has 0 amide bonds. The van der Waals surface area contributed by atoms with Gasteiger partial charge in [-0.15, -0.1) is 11.8 Å². The highest BCUT2D eigenvalue weighted by Gasteiger charge is 2.17. The van der Waals surface area contributed by atoms with Crippen LogP contribution in [0.4, 0.5) is 0 Å². The Labute approximate surface area is 205 Å². The molecule has 0 aromatic heterocycles. The standard InChI is InChI=1S/C25H32ClNO5S/c1-5-8-19-22(11-10-18(25(19)29)21(6-2)27-31-4)32-13-7-14-33-23-12-9-17(15-20(23)26)16-24(28)30-3/h9-12,15,29H,5-8,13-14,16H2,1-4H3. The average Bonchev–Trinajstić information content (AvgIpc) is 2.80. The third-order valence-electron chi connectivity index (χ3n) is 4.96. The summed E-state index contributed by atoms with van der Waals surface area (Å²) in [4.78, 5) is 17.3. The van der Waals surface area contributed by atoms with E-state index in [1.807, 2.05) is 31.2 Å². The van der Waals surface area contributed by atoms with Gasteiger partial charge in [0.1, 0.15) is 18.6 Å². The molecule has 33 heavy (non-hydrogen) atoms. The number of carbonyl (C=O) groups is 1. The van der Waals surface area contributed by atoms with Gasteiger partial charge in [0, 0.05) is 21.8 Å². The minimum Gasteiger partial charge on any atom is -0.507 e. The van der Waals surface area contributed by atoms with Gasteiger partial charge in [-0.3, -0.25) is 4.79 Å². The summed E-state index contributed by atoms with van der Waals surface area (Å²) in [6.45, 7) is 4.56. The van der Waals surface area contributed by atoms with Crippen molar-refractivity contribution >= 4 is 35.0 Å². The van der Waals surface area contributed by atoms with E-state index in [2.05, 4.69) is 16.8 Å². The highest BCUT2D eigenvalue weighted by molar-refractivity contribution is 7.99. The Balaban J connectivity index is 1.95. The molecule has 0 atom stereocenters. The summed E-state index contributed by atoms with van der Waals surface area (Å²) in [6, 6.07) is 9.34. The third kappa shape index (κ3) is 7.86. The van der Waals surface area contributed by atoms with Crippen LogP contribution in [-0.2, 0) is 27.2 Å². The first-order valence-electron chi connectivity index (χ1n) is 11.0. The van der Waals surface area contributed by atoms with Crippen LogP contribution in [0.25, 0.3) is 0 Å². The molecule has 180 valence electrons. The lowest BCUT2D eigenvalue weighted by Crippen LogP contribution is -2.06. The lowest BCUT2D eigenvalue weighted by Gasteiger charge is -2.16. The Morgan fingerprint density at radius 1 is 1.18 bits per heavy atom. The Kier molecular flexibility index (Phi) is 11.4. The third-order valence-corrected chi connectivity index (χ3v) is 6.55. The maximum absolute atomic E-state index is 11.4. The topological polar surface area (TPSA) is 77.4 Å². The molecule has 0 aliphatic carbocycles. The Morgan fingerprint density at radius 2 is 1.97 bits per heavy atom. The summed E-state index contributed by atoms with van der Waals surface area (Å²) < 4.78 is 10.7. The largest absolute Gasteiger partial charge is 0.507 e. The van der Waals surface area contributed by atoms with E-state index < -0.39 is 0 Å². The Morgan fingerprint density at radius 3 is 2.61 bits per heavy atom. The number of esters is 1. The van der Waals surface area contributed by atoms with Crippen molar-refractivity contribution in [2.75, 3.05) is 26.6 Å². The molecule has 0 radical (unpaired) electrons. The molecule has 1 N–H and O–H groups in total. The average molecular weight is 494 g/mol. The van der Waals surface area contributed by atoms with Gasteiger partial charge >= 0.3 is 5.97 Å². The van der Waals surface area contributed by atoms with Crippen LogP contribution in [0.2, 0.25) is 5.02 Å². The molecule has 6 nitrogen and oxygen atoms in total. The highest BCUT2D eigenvalue weighted by atomic mass is 35.5. The fourth-order valence-electron chi connectivity index (χ4n) is 3.33. The number of aromatic hydroxyl groups is 1. The molecule has 0 aliphatic heterocycles. The van der Waals surface area contributed by atoms with E-state index in [0.29, 0.717) is 41.5 Å². The maximum atomic E-state index is 11.4. The van der Waals surface area contributed by atoms with Crippen molar-refractivity contribution in [3.63, 3.8) is 0 Å². The fourth-order valence-corrected chi connectivity index (χ4v) is 4.54. The van der Waals surface area contributed by atoms with E-state index in [-0.39, 0.29) is 18.1 Å². The molecule has 0 fully saturated rings. The molecule has 0 bridgehead atoms. The number of benzene rings is 2. The second-order valence-corrected chi connectivity index (χ2v) is 8.87. The van der Waals surface area contributed by atoms with Gasteiger partial charge in [0.25, 0.3) is 0 Å². The van der Waals surface area contributed by atoms with Crippen LogP contribution in [0.15, 0.2) is 40.4 Å². The number of oxime groups is 1. The molecule has 2 rings (SSSR count). The molecular weight excluding hydrogens is 462 g/mol. The zero-order chi connectivity index (χ0) is 24.2. The predicted octanol–water partition coefficient (Wildman–Crippen LogP) is 6.04. The van der Waals surface area contributed by atoms with E-state index >= 15 is 0 Å². The molecule has 0 unspecified atom stereocenters. The van der Waals surface area contributed by atoms with Gasteiger partial charge in [0.15, 0.2) is 0 Å². The first-order valence-corrected chi connectivity index (χ1v) is 12.4. The minimum atomic E-state index is -0.290. The molecule has 8 heteroatoms. The Bertz CT molecular complexity index is 964. The predicted molar refractivity (Wildman–Crippen MR) is 134 cm³/mol. The molecule has 0 aliphatic rings. The van der Waals surface area contributed by atoms with Crippen molar-refractivity contribution < 1.29 is 24.2 Å². The summed E-state index contributed by atoms with van der Waals surface area (Å²) in [5.74, 6) is 1.44. The lowest BCUT2D eigenvalue weighted by atomic mass is 9.99. The molecule has 2 aromatic rings. The summed E-state index contributed by atoms with van der Waals surface area (Å²) in [7, 11) is 2.87. The van der Waals surface area contributed by atoms with Gasteiger partial charge in [-0.2, -0.15) is 0 Å². The number of nitrogens with zero attached hydrogens (tertiary/aromatic N) is 1. The van der Waals surface area contributed by atoms with Crippen LogP contribution in [0.1, 0.15) is 49.8 Å². The van der Waals surface area contributed by atoms with Crippen molar-refractivity contribution in [1.82, 2.24) is 0 Å². The zero-order valence-corrected chi connectivity index (χ0v) is 21.2. The van der Waals surface area contributed by atoms with Gasteiger partial charge in [0.2, 0.25) is 0 Å². The van der Waals surface area contributed by atoms with Gasteiger partial charge in [0.05, 0.1) is 30.9 Å². The Hall–Kier alpha value is -2.38. The molecule has 2 aromatic carbocycles. The van der Waals surface area contributed by atoms with E-state index in [9.17, 15) is 9.90 Å². The SMILES string of the molecule is CCCc1c(OCCCSc2ccc(CC(=O)OC)cc2Cl)ccc(C(CC)=NOC)c1O. The zero-order valence-electron chi connectivity index (χ0n) is 19.7. The minimum absolute atomic E-state index is 0.206. The number of rotatable bonds is 13. The molecule has 0 saturated heterocycles. The van der Waals surface area contributed by atoms with Crippen LogP contribution in [0.5, 0.6) is 11.5 Å². The fraction of sp³-hybridized carbons (Fsp3) is 0.440. The number of halogens is 1. The van der Waals surface area contributed by atoms with Crippen LogP contribution < -0.4 is 4.74 Å². The first kappa shape index (κ1) is 26.9. The second kappa shape index (κ2) is 14.0. The van der Waals surface area contributed by atoms with E-state index in [1.54, 1.807) is 17.8 Å². The quantitative estimate of drug-likeness (QED) is 0.120. The number of hydrogen-bond donors (Lipinski definition) is 1. The number of carbonyl (C=O) groups excluding carboxylic acids is 1. The number of phenolic OH excluding ortho intramolecular Hbond substituents is 1.